The Balaban J connectivity index is 1.48. The van der Waals surface area contributed by atoms with Crippen LogP contribution in [-0.4, -0.2) is 69.8 Å². The number of amides is 1. The van der Waals surface area contributed by atoms with E-state index in [1.807, 2.05) is 0 Å². The molecule has 2 aromatic carbocycles. The fourth-order valence-corrected chi connectivity index (χ4v) is 3.38. The Morgan fingerprint density at radius 3 is 2.67 bits per heavy atom. The number of rotatable bonds is 7. The van der Waals surface area contributed by atoms with Gasteiger partial charge in [0.05, 0.1) is 27.4 Å². The number of esters is 1. The zero-order valence-corrected chi connectivity index (χ0v) is 18.4. The number of hydrogen-bond donors (Lipinski definition) is 0. The zero-order valence-electron chi connectivity index (χ0n) is 18.4. The largest absolute Gasteiger partial charge is 0.497 e. The maximum absolute atomic E-state index is 12.3. The average molecular weight is 452 g/mol. The Kier molecular flexibility index (Phi) is 6.89. The smallest absolute Gasteiger partial charge is 0.363 e. The topological polar surface area (TPSA) is 95.9 Å². The van der Waals surface area contributed by atoms with Crippen molar-refractivity contribution in [2.45, 2.75) is 0 Å². The normalized spacial score (nSPS) is 16.9. The quantitative estimate of drug-likeness (QED) is 0.470. The van der Waals surface area contributed by atoms with Gasteiger partial charge in [0.2, 0.25) is 5.90 Å². The van der Waals surface area contributed by atoms with Crippen LogP contribution in [0.15, 0.2) is 53.2 Å². The third-order valence-electron chi connectivity index (χ3n) is 5.14. The van der Waals surface area contributed by atoms with Crippen LogP contribution in [0.3, 0.4) is 0 Å². The van der Waals surface area contributed by atoms with Crippen molar-refractivity contribution < 1.29 is 33.3 Å². The van der Waals surface area contributed by atoms with Crippen LogP contribution in [0.2, 0.25) is 0 Å². The first-order valence-electron chi connectivity index (χ1n) is 10.4. The third-order valence-corrected chi connectivity index (χ3v) is 5.14. The summed E-state index contributed by atoms with van der Waals surface area (Å²) < 4.78 is 26.9. The van der Waals surface area contributed by atoms with Crippen molar-refractivity contribution in [3.8, 4) is 17.2 Å². The molecule has 4 rings (SSSR count). The van der Waals surface area contributed by atoms with E-state index in [9.17, 15) is 9.59 Å². The van der Waals surface area contributed by atoms with Crippen molar-refractivity contribution in [2.24, 2.45) is 4.99 Å². The van der Waals surface area contributed by atoms with Gasteiger partial charge in [0.1, 0.15) is 5.75 Å². The third kappa shape index (κ3) is 5.32. The Morgan fingerprint density at radius 2 is 1.91 bits per heavy atom. The van der Waals surface area contributed by atoms with E-state index in [0.29, 0.717) is 54.7 Å². The second-order valence-corrected chi connectivity index (χ2v) is 7.26. The lowest BCUT2D eigenvalue weighted by Crippen LogP contribution is -2.43. The molecule has 1 amide bonds. The molecule has 0 radical (unpaired) electrons. The van der Waals surface area contributed by atoms with Gasteiger partial charge in [-0.1, -0.05) is 12.1 Å². The molecule has 0 aromatic heterocycles. The van der Waals surface area contributed by atoms with Crippen molar-refractivity contribution >= 4 is 23.9 Å². The average Bonchev–Trinajstić information content (AvgIpc) is 3.23. The van der Waals surface area contributed by atoms with Gasteiger partial charge < -0.3 is 28.6 Å². The van der Waals surface area contributed by atoms with Crippen molar-refractivity contribution in [3.05, 3.63) is 59.3 Å². The summed E-state index contributed by atoms with van der Waals surface area (Å²) in [4.78, 5) is 30.7. The molecule has 1 fully saturated rings. The predicted molar refractivity (Wildman–Crippen MR) is 119 cm³/mol. The fourth-order valence-electron chi connectivity index (χ4n) is 3.38. The number of methoxy groups -OCH3 is 2. The molecule has 0 spiro atoms. The van der Waals surface area contributed by atoms with Crippen LogP contribution >= 0.6 is 0 Å². The molecule has 2 aliphatic heterocycles. The van der Waals surface area contributed by atoms with E-state index < -0.39 is 5.97 Å². The number of aliphatic imine (C=N–C) groups is 1. The first-order chi connectivity index (χ1) is 16.1. The van der Waals surface area contributed by atoms with Crippen LogP contribution < -0.4 is 14.2 Å². The van der Waals surface area contributed by atoms with Crippen LogP contribution in [0, 0.1) is 0 Å². The van der Waals surface area contributed by atoms with Crippen LogP contribution in [0.5, 0.6) is 17.2 Å². The summed E-state index contributed by atoms with van der Waals surface area (Å²) in [6.07, 6.45) is 1.60. The highest BCUT2D eigenvalue weighted by molar-refractivity contribution is 6.13. The summed E-state index contributed by atoms with van der Waals surface area (Å²) in [5, 5.41) is 0. The van der Waals surface area contributed by atoms with Gasteiger partial charge in [0, 0.05) is 18.7 Å². The summed E-state index contributed by atoms with van der Waals surface area (Å²) >= 11 is 0. The molecular formula is C24H24N2O7. The van der Waals surface area contributed by atoms with E-state index in [2.05, 4.69) is 4.99 Å². The Morgan fingerprint density at radius 1 is 1.09 bits per heavy atom. The van der Waals surface area contributed by atoms with Gasteiger partial charge in [0.15, 0.2) is 23.8 Å². The summed E-state index contributed by atoms with van der Waals surface area (Å²) in [6, 6.07) is 12.2. The van der Waals surface area contributed by atoms with Crippen molar-refractivity contribution in [1.29, 1.82) is 0 Å². The van der Waals surface area contributed by atoms with Crippen LogP contribution in [0.4, 0.5) is 0 Å². The highest BCUT2D eigenvalue weighted by Crippen LogP contribution is 2.30. The van der Waals surface area contributed by atoms with E-state index in [1.165, 1.54) is 7.11 Å². The minimum Gasteiger partial charge on any atom is -0.497 e. The van der Waals surface area contributed by atoms with Crippen molar-refractivity contribution in [3.63, 3.8) is 0 Å². The highest BCUT2D eigenvalue weighted by atomic mass is 16.6. The van der Waals surface area contributed by atoms with E-state index >= 15 is 0 Å². The summed E-state index contributed by atoms with van der Waals surface area (Å²) in [5.74, 6) is 1.04. The number of carbonyl (C=O) groups excluding carboxylic acids is 2. The molecule has 2 aromatic rings. The van der Waals surface area contributed by atoms with Gasteiger partial charge in [-0.15, -0.1) is 0 Å². The number of hydrogen-bond acceptors (Lipinski definition) is 8. The maximum Gasteiger partial charge on any atom is 0.363 e. The van der Waals surface area contributed by atoms with Gasteiger partial charge in [-0.2, -0.15) is 0 Å². The number of nitrogens with zero attached hydrogens (tertiary/aromatic N) is 2. The van der Waals surface area contributed by atoms with Crippen LogP contribution in [-0.2, 0) is 19.1 Å². The first kappa shape index (κ1) is 22.3. The first-order valence-corrected chi connectivity index (χ1v) is 10.4. The number of carbonyl (C=O) groups is 2. The van der Waals surface area contributed by atoms with Gasteiger partial charge in [0.25, 0.3) is 5.91 Å². The standard InChI is InChI=1S/C24H24N2O7/c1-29-18-5-3-4-17(14-18)23-25-19(24(28)33-23)12-16-6-7-20(21(13-16)30-2)32-15-22(27)26-8-10-31-11-9-26/h3-7,12-14H,8-11,15H2,1-2H3/b19-12-. The number of benzene rings is 2. The molecule has 9 nitrogen and oxygen atoms in total. The van der Waals surface area contributed by atoms with Gasteiger partial charge in [-0.25, -0.2) is 9.79 Å². The second-order valence-electron chi connectivity index (χ2n) is 7.26. The molecule has 2 heterocycles. The second kappa shape index (κ2) is 10.2. The minimum atomic E-state index is -0.553. The van der Waals surface area contributed by atoms with Crippen molar-refractivity contribution in [1.82, 2.24) is 4.90 Å². The van der Waals surface area contributed by atoms with Gasteiger partial charge >= 0.3 is 5.97 Å². The Bertz CT molecular complexity index is 1100. The van der Waals surface area contributed by atoms with Gasteiger partial charge in [-0.3, -0.25) is 4.79 Å². The van der Waals surface area contributed by atoms with Crippen molar-refractivity contribution in [2.75, 3.05) is 47.1 Å². The molecule has 2 aliphatic rings. The molecule has 172 valence electrons. The molecule has 1 saturated heterocycles. The molecule has 0 atom stereocenters. The van der Waals surface area contributed by atoms with E-state index in [1.54, 1.807) is 60.6 Å². The maximum atomic E-state index is 12.3. The van der Waals surface area contributed by atoms with Crippen LogP contribution in [0.1, 0.15) is 11.1 Å². The monoisotopic (exact) mass is 452 g/mol. The zero-order chi connectivity index (χ0) is 23.2. The molecule has 0 unspecified atom stereocenters. The molecular weight excluding hydrogens is 428 g/mol. The summed E-state index contributed by atoms with van der Waals surface area (Å²) in [5.41, 5.74) is 1.46. The lowest BCUT2D eigenvalue weighted by molar-refractivity contribution is -0.137. The molecule has 0 N–H and O–H groups in total. The Labute approximate surface area is 191 Å². The minimum absolute atomic E-state index is 0.0999. The van der Waals surface area contributed by atoms with E-state index in [0.717, 1.165) is 0 Å². The molecule has 33 heavy (non-hydrogen) atoms. The number of morpholine rings is 1. The summed E-state index contributed by atoms with van der Waals surface area (Å²) in [6.45, 7) is 2.07. The summed E-state index contributed by atoms with van der Waals surface area (Å²) in [7, 11) is 3.07. The van der Waals surface area contributed by atoms with E-state index in [-0.39, 0.29) is 24.1 Å². The lowest BCUT2D eigenvalue weighted by atomic mass is 10.1. The highest BCUT2D eigenvalue weighted by Gasteiger charge is 2.25. The number of cyclic esters (lactones) is 1. The molecule has 9 heteroatoms. The molecule has 0 saturated carbocycles. The molecule has 0 bridgehead atoms. The number of ether oxygens (including phenoxy) is 5. The van der Waals surface area contributed by atoms with Crippen LogP contribution in [0.25, 0.3) is 6.08 Å². The van der Waals surface area contributed by atoms with Gasteiger partial charge in [-0.05, 0) is 42.0 Å². The lowest BCUT2D eigenvalue weighted by Gasteiger charge is -2.26. The predicted octanol–water partition coefficient (Wildman–Crippen LogP) is 2.29. The van der Waals surface area contributed by atoms with E-state index in [4.69, 9.17) is 23.7 Å². The SMILES string of the molecule is COc1cccc(C2=N/C(=C\c3ccc(OCC(=O)N4CCOCC4)c(OC)c3)C(=O)O2)c1. The Hall–Kier alpha value is -3.85. The fraction of sp³-hybridized carbons (Fsp3) is 0.292. The molecule has 0 aliphatic carbocycles.